The van der Waals surface area contributed by atoms with Gasteiger partial charge in [0.15, 0.2) is 11.5 Å². The molecule has 0 bridgehead atoms. The standard InChI is InChI=1S/C17H15Cl2NO3S/c1-10(24-16-7-12(18)3-4-13(16)19)17(21)20-8-11-2-5-14-15(6-11)23-9-22-14/h2-7,10H,8-9H2,1H3,(H,20,21)/t10-/m1/s1. The molecule has 126 valence electrons. The molecule has 1 aliphatic rings. The fourth-order valence-corrected chi connectivity index (χ4v) is 3.63. The second kappa shape index (κ2) is 7.55. The van der Waals surface area contributed by atoms with E-state index < -0.39 is 0 Å². The summed E-state index contributed by atoms with van der Waals surface area (Å²) in [6.45, 7) is 2.49. The zero-order valence-electron chi connectivity index (χ0n) is 12.8. The molecule has 0 saturated heterocycles. The van der Waals surface area contributed by atoms with Gasteiger partial charge in [0.1, 0.15) is 0 Å². The van der Waals surface area contributed by atoms with Gasteiger partial charge >= 0.3 is 0 Å². The van der Waals surface area contributed by atoms with Crippen molar-refractivity contribution < 1.29 is 14.3 Å². The molecule has 1 amide bonds. The lowest BCUT2D eigenvalue weighted by Crippen LogP contribution is -2.30. The summed E-state index contributed by atoms with van der Waals surface area (Å²) in [4.78, 5) is 13.1. The number of halogens is 2. The van der Waals surface area contributed by atoms with Gasteiger partial charge in [0, 0.05) is 16.5 Å². The van der Waals surface area contributed by atoms with Gasteiger partial charge in [-0.05, 0) is 42.8 Å². The Bertz CT molecular complexity index is 769. The molecule has 2 aromatic rings. The summed E-state index contributed by atoms with van der Waals surface area (Å²) in [6, 6.07) is 10.8. The van der Waals surface area contributed by atoms with Crippen LogP contribution in [0.1, 0.15) is 12.5 Å². The van der Waals surface area contributed by atoms with Crippen LogP contribution in [0.25, 0.3) is 0 Å². The van der Waals surface area contributed by atoms with Gasteiger partial charge in [-0.1, -0.05) is 29.3 Å². The number of hydrogen-bond donors (Lipinski definition) is 1. The van der Waals surface area contributed by atoms with Gasteiger partial charge in [-0.15, -0.1) is 11.8 Å². The molecule has 1 aliphatic heterocycles. The molecule has 2 aromatic carbocycles. The van der Waals surface area contributed by atoms with Crippen LogP contribution in [0.3, 0.4) is 0 Å². The average molecular weight is 384 g/mol. The Hall–Kier alpha value is -1.56. The molecule has 7 heteroatoms. The van der Waals surface area contributed by atoms with E-state index in [1.807, 2.05) is 25.1 Å². The minimum atomic E-state index is -0.296. The largest absolute Gasteiger partial charge is 0.454 e. The van der Waals surface area contributed by atoms with Gasteiger partial charge in [0.25, 0.3) is 0 Å². The van der Waals surface area contributed by atoms with E-state index in [0.717, 1.165) is 16.2 Å². The van der Waals surface area contributed by atoms with E-state index in [1.54, 1.807) is 18.2 Å². The van der Waals surface area contributed by atoms with Crippen LogP contribution in [0.4, 0.5) is 0 Å². The fourth-order valence-electron chi connectivity index (χ4n) is 2.20. The molecule has 0 radical (unpaired) electrons. The molecule has 24 heavy (non-hydrogen) atoms. The first-order chi connectivity index (χ1) is 11.5. The molecule has 3 rings (SSSR count). The number of carbonyl (C=O) groups is 1. The lowest BCUT2D eigenvalue weighted by Gasteiger charge is -2.13. The van der Waals surface area contributed by atoms with Crippen molar-refractivity contribution in [3.05, 3.63) is 52.0 Å². The van der Waals surface area contributed by atoms with Crippen LogP contribution in [0.5, 0.6) is 11.5 Å². The zero-order valence-corrected chi connectivity index (χ0v) is 15.2. The number of fused-ring (bicyclic) bond motifs is 1. The van der Waals surface area contributed by atoms with E-state index in [-0.39, 0.29) is 18.0 Å². The average Bonchev–Trinajstić information content (AvgIpc) is 3.03. The molecule has 4 nitrogen and oxygen atoms in total. The van der Waals surface area contributed by atoms with E-state index >= 15 is 0 Å². The molecule has 1 N–H and O–H groups in total. The molecular weight excluding hydrogens is 369 g/mol. The Morgan fingerprint density at radius 3 is 2.83 bits per heavy atom. The van der Waals surface area contributed by atoms with E-state index in [9.17, 15) is 4.79 Å². The van der Waals surface area contributed by atoms with E-state index in [0.29, 0.717) is 22.3 Å². The van der Waals surface area contributed by atoms with Crippen LogP contribution >= 0.6 is 35.0 Å². The molecule has 0 saturated carbocycles. The topological polar surface area (TPSA) is 47.6 Å². The monoisotopic (exact) mass is 383 g/mol. The van der Waals surface area contributed by atoms with Crippen molar-refractivity contribution in [3.63, 3.8) is 0 Å². The molecule has 1 atom stereocenters. The molecule has 1 heterocycles. The van der Waals surface area contributed by atoms with Crippen LogP contribution in [-0.4, -0.2) is 18.0 Å². The highest BCUT2D eigenvalue weighted by molar-refractivity contribution is 8.00. The molecule has 0 spiro atoms. The van der Waals surface area contributed by atoms with Gasteiger partial charge in [-0.2, -0.15) is 0 Å². The van der Waals surface area contributed by atoms with E-state index in [1.165, 1.54) is 11.8 Å². The van der Waals surface area contributed by atoms with Crippen molar-refractivity contribution in [1.29, 1.82) is 0 Å². The summed E-state index contributed by atoms with van der Waals surface area (Å²) >= 11 is 13.5. The minimum Gasteiger partial charge on any atom is -0.454 e. The van der Waals surface area contributed by atoms with Crippen LogP contribution in [-0.2, 0) is 11.3 Å². The zero-order chi connectivity index (χ0) is 17.1. The van der Waals surface area contributed by atoms with Crippen LogP contribution in [0.2, 0.25) is 10.0 Å². The number of rotatable bonds is 5. The third kappa shape index (κ3) is 4.09. The maximum Gasteiger partial charge on any atom is 0.233 e. The quantitative estimate of drug-likeness (QED) is 0.771. The Kier molecular flexibility index (Phi) is 5.43. The third-order valence-corrected chi connectivity index (χ3v) is 5.31. The van der Waals surface area contributed by atoms with Crippen molar-refractivity contribution in [2.45, 2.75) is 23.6 Å². The number of carbonyl (C=O) groups excluding carboxylic acids is 1. The van der Waals surface area contributed by atoms with Gasteiger partial charge in [0.2, 0.25) is 12.7 Å². The molecule has 0 aromatic heterocycles. The normalized spacial score (nSPS) is 13.6. The SMILES string of the molecule is C[C@@H](Sc1cc(Cl)ccc1Cl)C(=O)NCc1ccc2c(c1)OCO2. The van der Waals surface area contributed by atoms with Gasteiger partial charge in [-0.25, -0.2) is 0 Å². The summed E-state index contributed by atoms with van der Waals surface area (Å²) in [5.74, 6) is 1.35. The summed E-state index contributed by atoms with van der Waals surface area (Å²) < 4.78 is 10.6. The number of ether oxygens (including phenoxy) is 2. The van der Waals surface area contributed by atoms with E-state index in [4.69, 9.17) is 32.7 Å². The van der Waals surface area contributed by atoms with Crippen molar-refractivity contribution in [1.82, 2.24) is 5.32 Å². The van der Waals surface area contributed by atoms with Crippen LogP contribution < -0.4 is 14.8 Å². The van der Waals surface area contributed by atoms with Crippen LogP contribution in [0, 0.1) is 0 Å². The lowest BCUT2D eigenvalue weighted by atomic mass is 10.2. The highest BCUT2D eigenvalue weighted by Crippen LogP contribution is 2.33. The molecule has 0 fully saturated rings. The summed E-state index contributed by atoms with van der Waals surface area (Å²) in [7, 11) is 0. The lowest BCUT2D eigenvalue weighted by molar-refractivity contribution is -0.120. The highest BCUT2D eigenvalue weighted by atomic mass is 35.5. The van der Waals surface area contributed by atoms with Crippen molar-refractivity contribution in [2.75, 3.05) is 6.79 Å². The predicted molar refractivity (Wildman–Crippen MR) is 96.2 cm³/mol. The number of thioether (sulfide) groups is 1. The first-order valence-electron chi connectivity index (χ1n) is 7.31. The van der Waals surface area contributed by atoms with E-state index in [2.05, 4.69) is 5.32 Å². The van der Waals surface area contributed by atoms with Crippen molar-refractivity contribution >= 4 is 40.9 Å². The Balaban J connectivity index is 1.57. The maximum absolute atomic E-state index is 12.3. The highest BCUT2D eigenvalue weighted by Gasteiger charge is 2.17. The number of nitrogens with one attached hydrogen (secondary N) is 1. The number of amides is 1. The summed E-state index contributed by atoms with van der Waals surface area (Å²) in [5, 5.41) is 3.79. The first kappa shape index (κ1) is 17.3. The third-order valence-electron chi connectivity index (χ3n) is 3.47. The minimum absolute atomic E-state index is 0.0753. The number of benzene rings is 2. The van der Waals surface area contributed by atoms with Gasteiger partial charge < -0.3 is 14.8 Å². The fraction of sp³-hybridized carbons (Fsp3) is 0.235. The molecular formula is C17H15Cl2NO3S. The number of hydrogen-bond acceptors (Lipinski definition) is 4. The smallest absolute Gasteiger partial charge is 0.233 e. The van der Waals surface area contributed by atoms with Crippen molar-refractivity contribution in [2.24, 2.45) is 0 Å². The Morgan fingerprint density at radius 2 is 2.00 bits per heavy atom. The predicted octanol–water partition coefficient (Wildman–Crippen LogP) is 4.52. The van der Waals surface area contributed by atoms with Gasteiger partial charge in [0.05, 0.1) is 10.3 Å². The molecule has 0 aliphatic carbocycles. The van der Waals surface area contributed by atoms with Crippen molar-refractivity contribution in [3.8, 4) is 11.5 Å². The summed E-state index contributed by atoms with van der Waals surface area (Å²) in [6.07, 6.45) is 0. The second-order valence-corrected chi connectivity index (χ2v) is 7.47. The molecule has 0 unspecified atom stereocenters. The summed E-state index contributed by atoms with van der Waals surface area (Å²) in [5.41, 5.74) is 0.950. The second-order valence-electron chi connectivity index (χ2n) is 5.24. The van der Waals surface area contributed by atoms with Gasteiger partial charge in [-0.3, -0.25) is 4.79 Å². The maximum atomic E-state index is 12.3. The Morgan fingerprint density at radius 1 is 1.21 bits per heavy atom. The Labute approximate surface area is 154 Å². The van der Waals surface area contributed by atoms with Crippen LogP contribution in [0.15, 0.2) is 41.3 Å². The first-order valence-corrected chi connectivity index (χ1v) is 8.94.